The van der Waals surface area contributed by atoms with E-state index in [4.69, 9.17) is 9.47 Å². The van der Waals surface area contributed by atoms with Gasteiger partial charge < -0.3 is 54.8 Å². The van der Waals surface area contributed by atoms with Gasteiger partial charge in [-0.25, -0.2) is 22.0 Å². The van der Waals surface area contributed by atoms with Crippen LogP contribution in [0.2, 0.25) is 0 Å². The second kappa shape index (κ2) is 35.5. The third kappa shape index (κ3) is 18.5. The highest BCUT2D eigenvalue weighted by Gasteiger charge is 2.36. The Balaban J connectivity index is 0.000000118. The maximum absolute atomic E-state index is 13.9. The zero-order chi connectivity index (χ0) is 82.5. The number of likely N-dealkylation sites (tertiary alicyclic amines) is 1. The summed E-state index contributed by atoms with van der Waals surface area (Å²) in [6.07, 6.45) is 15.5. The molecule has 8 aromatic heterocycles. The number of nitrogens with zero attached hydrogens (tertiary/aromatic N) is 22. The van der Waals surface area contributed by atoms with Gasteiger partial charge in [0.25, 0.3) is 23.6 Å². The first kappa shape index (κ1) is 80.4. The van der Waals surface area contributed by atoms with E-state index in [0.717, 1.165) is 45.4 Å². The van der Waals surface area contributed by atoms with Crippen molar-refractivity contribution in [1.82, 2.24) is 104 Å². The predicted octanol–water partition coefficient (Wildman–Crippen LogP) is 2.50. The molecule has 11 aliphatic rings. The van der Waals surface area contributed by atoms with Crippen LogP contribution in [-0.2, 0) is 47.8 Å². The molecule has 0 radical (unpaired) electrons. The molecule has 0 aromatic carbocycles. The first-order valence-corrected chi connectivity index (χ1v) is 39.9. The van der Waals surface area contributed by atoms with Crippen LogP contribution in [0.15, 0.2) is 47.1 Å². The first-order valence-electron chi connectivity index (χ1n) is 39.9. The average Bonchev–Trinajstić information content (AvgIpc) is 1.64. The summed E-state index contributed by atoms with van der Waals surface area (Å²) in [7, 11) is 1.60. The van der Waals surface area contributed by atoms with Crippen LogP contribution in [0.3, 0.4) is 0 Å². The standard InChI is InChI=1S/C21H27FN8O2.C19H22FN7O3.C18H19F2N7O2.C17H20FN7O3/c22-16-4-9-29(13-16)21-27-20(23-5-3-8-28-6-1-2-7-28)26-18-15(12-24-30(18)21)10-14-11-17(31)25-19(14)32;20-13-1-4-26(10-13)19-25-18(22-14-2-5-30-6-3-14)24-16-12(9-21-27(16)19)7-11-8-15(28)23-17(11)29;19-12-1-3-25(8-12)17-23-15-11(5-10-6-14(28)22-16(10)29)7-21-27(15)18(24-17)26-4-2-13(20)9-26;1-28-5-3-19-16-22-14-11(6-10-7-13(26)21-15(10)27)8-20-25(14)17(23-16)24-4-2-12(18)9-24/h10,12,16H,1-9,11,13H2,(H,23,26)(H,25,31,32);7,9,13-14H,1-6,8,10H2,(H,22,24)(H,23,28,29);5,7,12-13H,1-4,6,8-9H2,(H,22,28,29);6,8,12H,2-5,7,9H2,1H3,(H,19,22)(H,21,26,27)/b14-10+;11-7+;10-5+;10-6+. The third-order valence-electron chi connectivity index (χ3n) is 21.7. The topological polar surface area (TPSA) is 431 Å². The van der Waals surface area contributed by atoms with Crippen molar-refractivity contribution in [1.29, 1.82) is 0 Å². The SMILES string of the molecule is COCCNc1nc(N2CCC(F)C2)n2ncc(/C=C3\CC(=O)NC3=O)c2n1.O=C1C/C(=C\c2cnn3c(N4CCC(F)C4)nc(N4CCC(F)C4)nc23)C(=O)N1.O=C1C/C(=C\c2cnn3c(N4CCC(F)C4)nc(NC4CCOCC4)nc23)C(=O)N1.O=C1C/C(=C\c2cnn3c(N4CCC(F)C4)nc(NCCCN4CCCC4)nc23)C(=O)N1. The number of carbonyl (C=O) groups excluding carboxylic acids is 8. The van der Waals surface area contributed by atoms with Gasteiger partial charge in [-0.2, -0.15) is 78.3 Å². The fraction of sp³-hybridized carbons (Fsp3) is 0.520. The summed E-state index contributed by atoms with van der Waals surface area (Å²) in [5.41, 5.74) is 5.64. The molecular formula is C75H88F5N29O10. The van der Waals surface area contributed by atoms with Crippen molar-refractivity contribution in [3.8, 4) is 0 Å². The fourth-order valence-corrected chi connectivity index (χ4v) is 15.6. The molecule has 0 bridgehead atoms. The second-order valence-electron chi connectivity index (χ2n) is 30.5. The number of methoxy groups -OCH3 is 1. The van der Waals surface area contributed by atoms with E-state index < -0.39 is 54.5 Å². The molecular weight excluding hydrogens is 1560 g/mol. The van der Waals surface area contributed by atoms with Gasteiger partial charge in [0.1, 0.15) is 30.9 Å². The minimum Gasteiger partial charge on any atom is -0.383 e. The molecule has 0 aliphatic carbocycles. The summed E-state index contributed by atoms with van der Waals surface area (Å²) < 4.78 is 85.6. The summed E-state index contributed by atoms with van der Waals surface area (Å²) in [5.74, 6) is 0.509. The van der Waals surface area contributed by atoms with Crippen LogP contribution in [-0.4, -0.2) is 292 Å². The Hall–Kier alpha value is -12.3. The third-order valence-corrected chi connectivity index (χ3v) is 21.7. The monoisotopic (exact) mass is 1650 g/mol. The molecule has 7 N–H and O–H groups in total. The second-order valence-corrected chi connectivity index (χ2v) is 30.5. The van der Waals surface area contributed by atoms with Crippen LogP contribution in [0.5, 0.6) is 0 Å². The quantitative estimate of drug-likeness (QED) is 0.0249. The van der Waals surface area contributed by atoms with Gasteiger partial charge >= 0.3 is 0 Å². The van der Waals surface area contributed by atoms with Gasteiger partial charge in [0.15, 0.2) is 22.6 Å². The number of aromatic nitrogens is 16. The number of rotatable bonds is 20. The molecule has 5 atom stereocenters. The van der Waals surface area contributed by atoms with Gasteiger partial charge in [0.05, 0.1) is 89.8 Å². The zero-order valence-corrected chi connectivity index (χ0v) is 65.0. The van der Waals surface area contributed by atoms with Crippen molar-refractivity contribution in [2.45, 2.75) is 127 Å². The Morgan fingerprint density at radius 1 is 0.420 bits per heavy atom. The Morgan fingerprint density at radius 2 is 0.756 bits per heavy atom. The molecule has 8 amide bonds. The largest absolute Gasteiger partial charge is 0.383 e. The predicted molar refractivity (Wildman–Crippen MR) is 421 cm³/mol. The number of ether oxygens (including phenoxy) is 2. The number of amides is 8. The molecule has 119 heavy (non-hydrogen) atoms. The lowest BCUT2D eigenvalue weighted by Crippen LogP contribution is -2.30. The van der Waals surface area contributed by atoms with Crippen molar-refractivity contribution < 1.29 is 69.8 Å². The highest BCUT2D eigenvalue weighted by atomic mass is 19.2. The number of carbonyl (C=O) groups is 8. The van der Waals surface area contributed by atoms with E-state index in [1.165, 1.54) is 28.1 Å². The maximum Gasteiger partial charge on any atom is 0.254 e. The van der Waals surface area contributed by atoms with Crippen molar-refractivity contribution in [2.75, 3.05) is 166 Å². The van der Waals surface area contributed by atoms with E-state index >= 15 is 0 Å². The summed E-state index contributed by atoms with van der Waals surface area (Å²) in [6.45, 7) is 10.1. The number of halogens is 5. The van der Waals surface area contributed by atoms with Crippen LogP contribution in [0.1, 0.15) is 112 Å². The Labute approximate surface area is 675 Å². The highest BCUT2D eigenvalue weighted by molar-refractivity contribution is 6.18. The molecule has 8 aromatic rings. The lowest BCUT2D eigenvalue weighted by atomic mass is 10.1. The van der Waals surface area contributed by atoms with E-state index in [-0.39, 0.29) is 88.1 Å². The smallest absolute Gasteiger partial charge is 0.254 e. The molecule has 5 unspecified atom stereocenters. The minimum absolute atomic E-state index is 0.00766. The number of imide groups is 4. The molecule has 19 heterocycles. The number of hydrogen-bond acceptors (Lipinski definition) is 31. The van der Waals surface area contributed by atoms with Gasteiger partial charge in [0.2, 0.25) is 71.2 Å². The molecule has 0 saturated carbocycles. The summed E-state index contributed by atoms with van der Waals surface area (Å²) in [6, 6.07) is 0.185. The number of hydrogen-bond donors (Lipinski definition) is 7. The van der Waals surface area contributed by atoms with Crippen LogP contribution in [0, 0.1) is 0 Å². The van der Waals surface area contributed by atoms with Crippen molar-refractivity contribution in [3.05, 3.63) is 69.3 Å². The molecule has 19 rings (SSSR count). The number of anilines is 8. The van der Waals surface area contributed by atoms with E-state index in [0.29, 0.717) is 206 Å². The number of nitrogens with one attached hydrogen (secondary N) is 7. The lowest BCUT2D eigenvalue weighted by molar-refractivity contribution is -0.125. The lowest BCUT2D eigenvalue weighted by Gasteiger charge is -2.24. The van der Waals surface area contributed by atoms with Gasteiger partial charge in [-0.15, -0.1) is 0 Å². The van der Waals surface area contributed by atoms with E-state index in [1.54, 1.807) is 68.8 Å². The zero-order valence-electron chi connectivity index (χ0n) is 65.0. The van der Waals surface area contributed by atoms with Gasteiger partial charge in [-0.05, 0) is 108 Å². The molecule has 44 heteroatoms. The van der Waals surface area contributed by atoms with Crippen LogP contribution in [0.25, 0.3) is 46.9 Å². The molecule has 11 aliphatic heterocycles. The van der Waals surface area contributed by atoms with Crippen molar-refractivity contribution >= 4 is 142 Å². The number of fused-ring (bicyclic) bond motifs is 4. The average molecular weight is 1650 g/mol. The molecule has 11 fully saturated rings. The summed E-state index contributed by atoms with van der Waals surface area (Å²) in [4.78, 5) is 142. The highest BCUT2D eigenvalue weighted by Crippen LogP contribution is 2.33. The van der Waals surface area contributed by atoms with Gasteiger partial charge in [-0.3, -0.25) is 59.6 Å². The molecule has 39 nitrogen and oxygen atoms in total. The van der Waals surface area contributed by atoms with Crippen molar-refractivity contribution in [3.63, 3.8) is 0 Å². The minimum atomic E-state index is -0.948. The summed E-state index contributed by atoms with van der Waals surface area (Å²) >= 11 is 0. The molecule has 11 saturated heterocycles. The Bertz CT molecular complexity index is 5390. The number of alkyl halides is 5. The normalized spacial score (nSPS) is 23.7. The van der Waals surface area contributed by atoms with Gasteiger partial charge in [-0.1, -0.05) is 0 Å². The van der Waals surface area contributed by atoms with Gasteiger partial charge in [0, 0.05) is 117 Å². The van der Waals surface area contributed by atoms with Crippen LogP contribution >= 0.6 is 0 Å². The Kier molecular flexibility index (Phi) is 24.0. The van der Waals surface area contributed by atoms with Crippen LogP contribution < -0.4 is 61.7 Å². The van der Waals surface area contributed by atoms with E-state index in [2.05, 4.69) is 102 Å². The molecule has 628 valence electrons. The fourth-order valence-electron chi connectivity index (χ4n) is 15.6. The first-order chi connectivity index (χ1) is 57.6. The molecule has 0 spiro atoms. The Morgan fingerprint density at radius 3 is 1.10 bits per heavy atom. The maximum atomic E-state index is 13.9. The van der Waals surface area contributed by atoms with Crippen molar-refractivity contribution in [2.24, 2.45) is 0 Å². The summed E-state index contributed by atoms with van der Waals surface area (Å²) in [5, 5.41) is 36.2. The van der Waals surface area contributed by atoms with E-state index in [1.807, 2.05) is 14.7 Å². The van der Waals surface area contributed by atoms with Crippen LogP contribution in [0.4, 0.5) is 69.5 Å². The van der Waals surface area contributed by atoms with E-state index in [9.17, 15) is 60.3 Å².